The van der Waals surface area contributed by atoms with Crippen molar-refractivity contribution in [3.63, 3.8) is 0 Å². The van der Waals surface area contributed by atoms with Crippen LogP contribution in [0.4, 0.5) is 0 Å². The molecule has 1 heterocycles. The summed E-state index contributed by atoms with van der Waals surface area (Å²) in [5.74, 6) is 1.02. The van der Waals surface area contributed by atoms with Gasteiger partial charge in [-0.2, -0.15) is 0 Å². The molecule has 0 aromatic carbocycles. The highest BCUT2D eigenvalue weighted by molar-refractivity contribution is 7.91. The molecule has 0 bridgehead atoms. The summed E-state index contributed by atoms with van der Waals surface area (Å²) >= 11 is 0. The number of nitrogens with zero attached hydrogens (tertiary/aromatic N) is 1. The third kappa shape index (κ3) is 3.42. The fourth-order valence-corrected chi connectivity index (χ4v) is 4.83. The zero-order chi connectivity index (χ0) is 13.3. The van der Waals surface area contributed by atoms with Crippen LogP contribution < -0.4 is 5.73 Å². The van der Waals surface area contributed by atoms with E-state index >= 15 is 0 Å². The van der Waals surface area contributed by atoms with Crippen LogP contribution in [0, 0.1) is 5.92 Å². The average molecular weight is 262 g/mol. The minimum atomic E-state index is -2.90. The Balaban J connectivity index is 2.97. The Hall–Kier alpha value is -0.130. The normalized spacial score (nSPS) is 28.5. The van der Waals surface area contributed by atoms with E-state index in [-0.39, 0.29) is 17.0 Å². The van der Waals surface area contributed by atoms with E-state index in [1.807, 2.05) is 0 Å². The maximum Gasteiger partial charge on any atom is 0.152 e. The smallest absolute Gasteiger partial charge is 0.152 e. The molecule has 17 heavy (non-hydrogen) atoms. The lowest BCUT2D eigenvalue weighted by molar-refractivity contribution is 0.0680. The number of nitrogens with two attached hydrogens (primary N) is 1. The molecule has 0 saturated carbocycles. The van der Waals surface area contributed by atoms with E-state index in [1.165, 1.54) is 0 Å². The Labute approximate surface area is 105 Å². The van der Waals surface area contributed by atoms with Gasteiger partial charge in [-0.15, -0.1) is 0 Å². The van der Waals surface area contributed by atoms with Gasteiger partial charge in [0.05, 0.1) is 11.5 Å². The second-order valence-corrected chi connectivity index (χ2v) is 8.09. The van der Waals surface area contributed by atoms with Crippen molar-refractivity contribution in [2.75, 3.05) is 24.6 Å². The Morgan fingerprint density at radius 2 is 1.88 bits per heavy atom. The van der Waals surface area contributed by atoms with E-state index in [1.54, 1.807) is 0 Å². The van der Waals surface area contributed by atoms with Crippen LogP contribution in [-0.4, -0.2) is 49.5 Å². The third-order valence-corrected chi connectivity index (χ3v) is 5.34. The van der Waals surface area contributed by atoms with Crippen LogP contribution in [0.5, 0.6) is 0 Å². The SMILES string of the molecule is CC(C)CN(C(C)C)C1(CN)CCS(=O)(=O)C1. The summed E-state index contributed by atoms with van der Waals surface area (Å²) in [6.07, 6.45) is 0.677. The molecule has 1 aliphatic rings. The van der Waals surface area contributed by atoms with Crippen molar-refractivity contribution in [2.45, 2.75) is 45.7 Å². The van der Waals surface area contributed by atoms with Gasteiger partial charge in [-0.3, -0.25) is 4.90 Å². The first-order valence-electron chi connectivity index (χ1n) is 6.40. The topological polar surface area (TPSA) is 63.4 Å². The van der Waals surface area contributed by atoms with Crippen LogP contribution in [0.25, 0.3) is 0 Å². The van der Waals surface area contributed by atoms with E-state index in [0.717, 1.165) is 6.54 Å². The van der Waals surface area contributed by atoms with Gasteiger partial charge in [0.1, 0.15) is 0 Å². The van der Waals surface area contributed by atoms with Crippen molar-refractivity contribution >= 4 is 9.84 Å². The van der Waals surface area contributed by atoms with Gasteiger partial charge in [0.15, 0.2) is 9.84 Å². The molecule has 0 radical (unpaired) electrons. The molecular weight excluding hydrogens is 236 g/mol. The Morgan fingerprint density at radius 1 is 1.29 bits per heavy atom. The summed E-state index contributed by atoms with van der Waals surface area (Å²) in [5.41, 5.74) is 5.56. The quantitative estimate of drug-likeness (QED) is 0.798. The second kappa shape index (κ2) is 5.24. The van der Waals surface area contributed by atoms with E-state index in [4.69, 9.17) is 5.73 Å². The van der Waals surface area contributed by atoms with Crippen LogP contribution in [0.3, 0.4) is 0 Å². The van der Waals surface area contributed by atoms with Gasteiger partial charge in [0.2, 0.25) is 0 Å². The minimum absolute atomic E-state index is 0.224. The number of sulfone groups is 1. The van der Waals surface area contributed by atoms with Crippen LogP contribution in [0.1, 0.15) is 34.1 Å². The summed E-state index contributed by atoms with van der Waals surface area (Å²) in [5, 5.41) is 0. The van der Waals surface area contributed by atoms with Crippen molar-refractivity contribution in [3.05, 3.63) is 0 Å². The molecule has 5 heteroatoms. The zero-order valence-electron chi connectivity index (χ0n) is 11.4. The lowest BCUT2D eigenvalue weighted by atomic mass is 9.93. The molecule has 1 aliphatic heterocycles. The van der Waals surface area contributed by atoms with Gasteiger partial charge in [-0.1, -0.05) is 13.8 Å². The van der Waals surface area contributed by atoms with E-state index in [0.29, 0.717) is 24.9 Å². The maximum absolute atomic E-state index is 11.7. The predicted molar refractivity (Wildman–Crippen MR) is 71.7 cm³/mol. The molecule has 0 aromatic heterocycles. The largest absolute Gasteiger partial charge is 0.329 e. The van der Waals surface area contributed by atoms with Crippen molar-refractivity contribution in [1.29, 1.82) is 0 Å². The van der Waals surface area contributed by atoms with Crippen LogP contribution in [0.15, 0.2) is 0 Å². The fraction of sp³-hybridized carbons (Fsp3) is 1.00. The van der Waals surface area contributed by atoms with E-state index < -0.39 is 9.84 Å². The highest BCUT2D eigenvalue weighted by Gasteiger charge is 2.46. The molecule has 0 aliphatic carbocycles. The Kier molecular flexibility index (Phi) is 4.60. The summed E-state index contributed by atoms with van der Waals surface area (Å²) in [4.78, 5) is 2.29. The molecule has 0 aromatic rings. The van der Waals surface area contributed by atoms with Crippen molar-refractivity contribution in [1.82, 2.24) is 4.90 Å². The predicted octanol–water partition coefficient (Wildman–Crippen LogP) is 0.869. The molecule has 1 rings (SSSR count). The molecule has 1 unspecified atom stereocenters. The third-order valence-electron chi connectivity index (χ3n) is 3.54. The van der Waals surface area contributed by atoms with Gasteiger partial charge in [-0.05, 0) is 26.2 Å². The summed E-state index contributed by atoms with van der Waals surface area (Å²) in [6, 6.07) is 0.328. The molecule has 0 amide bonds. The first kappa shape index (κ1) is 14.9. The second-order valence-electron chi connectivity index (χ2n) is 5.91. The average Bonchev–Trinajstić information content (AvgIpc) is 2.51. The lowest BCUT2D eigenvalue weighted by Gasteiger charge is -2.43. The maximum atomic E-state index is 11.7. The molecule has 1 saturated heterocycles. The summed E-state index contributed by atoms with van der Waals surface area (Å²) in [6.45, 7) is 9.88. The Morgan fingerprint density at radius 3 is 2.18 bits per heavy atom. The minimum Gasteiger partial charge on any atom is -0.329 e. The monoisotopic (exact) mass is 262 g/mol. The van der Waals surface area contributed by atoms with Gasteiger partial charge >= 0.3 is 0 Å². The van der Waals surface area contributed by atoms with Crippen LogP contribution in [-0.2, 0) is 9.84 Å². The van der Waals surface area contributed by atoms with Gasteiger partial charge < -0.3 is 5.73 Å². The van der Waals surface area contributed by atoms with Crippen LogP contribution in [0.2, 0.25) is 0 Å². The van der Waals surface area contributed by atoms with Crippen molar-refractivity contribution in [3.8, 4) is 0 Å². The van der Waals surface area contributed by atoms with Crippen molar-refractivity contribution < 1.29 is 8.42 Å². The zero-order valence-corrected chi connectivity index (χ0v) is 12.3. The van der Waals surface area contributed by atoms with E-state index in [9.17, 15) is 8.42 Å². The standard InChI is InChI=1S/C12H26N2O2S/c1-10(2)7-14(11(3)4)12(8-13)5-6-17(15,16)9-12/h10-11H,5-9,13H2,1-4H3. The van der Waals surface area contributed by atoms with Crippen molar-refractivity contribution in [2.24, 2.45) is 11.7 Å². The molecule has 1 fully saturated rings. The molecule has 102 valence electrons. The van der Waals surface area contributed by atoms with E-state index in [2.05, 4.69) is 32.6 Å². The summed E-state index contributed by atoms with van der Waals surface area (Å²) < 4.78 is 23.5. The Bertz CT molecular complexity index is 352. The molecule has 2 N–H and O–H groups in total. The van der Waals surface area contributed by atoms with Gasteiger partial charge in [0, 0.05) is 24.7 Å². The highest BCUT2D eigenvalue weighted by atomic mass is 32.2. The number of rotatable bonds is 5. The fourth-order valence-electron chi connectivity index (χ4n) is 2.75. The van der Waals surface area contributed by atoms with Gasteiger partial charge in [0.25, 0.3) is 0 Å². The van der Waals surface area contributed by atoms with Crippen LogP contribution >= 0.6 is 0 Å². The molecule has 1 atom stereocenters. The summed E-state index contributed by atoms with van der Waals surface area (Å²) in [7, 11) is -2.90. The number of hydrogen-bond donors (Lipinski definition) is 1. The first-order chi connectivity index (χ1) is 7.72. The highest BCUT2D eigenvalue weighted by Crippen LogP contribution is 2.31. The molecule has 4 nitrogen and oxygen atoms in total. The number of hydrogen-bond acceptors (Lipinski definition) is 4. The molecule has 0 spiro atoms. The van der Waals surface area contributed by atoms with Gasteiger partial charge in [-0.25, -0.2) is 8.42 Å². The molecular formula is C12H26N2O2S. The first-order valence-corrected chi connectivity index (χ1v) is 8.22. The lowest BCUT2D eigenvalue weighted by Crippen LogP contribution is -2.58.